The lowest BCUT2D eigenvalue weighted by Crippen LogP contribution is -1.84. The standard InChI is InChI=1S/C17H13N3O/c1-11-2-7-15-16(8-11)20-17(19-15)13(10-18)9-12-3-5-14(21)6-4-12/h2-9,21H,1H3,(H,19,20). The van der Waals surface area contributed by atoms with Gasteiger partial charge in [0.25, 0.3) is 0 Å². The van der Waals surface area contributed by atoms with Crippen LogP contribution in [0.1, 0.15) is 17.0 Å². The third kappa shape index (κ3) is 2.63. The molecule has 0 aliphatic rings. The van der Waals surface area contributed by atoms with Crippen molar-refractivity contribution in [3.8, 4) is 11.8 Å². The molecule has 0 bridgehead atoms. The van der Waals surface area contributed by atoms with Crippen molar-refractivity contribution < 1.29 is 5.11 Å². The van der Waals surface area contributed by atoms with Crippen LogP contribution < -0.4 is 0 Å². The summed E-state index contributed by atoms with van der Waals surface area (Å²) in [5, 5.41) is 18.6. The molecule has 0 fully saturated rings. The lowest BCUT2D eigenvalue weighted by molar-refractivity contribution is 0.475. The molecule has 0 saturated carbocycles. The van der Waals surface area contributed by atoms with Gasteiger partial charge in [-0.05, 0) is 48.4 Å². The molecule has 4 heteroatoms. The number of nitrogens with zero attached hydrogens (tertiary/aromatic N) is 2. The number of phenolic OH excluding ortho intramolecular Hbond substituents is 1. The van der Waals surface area contributed by atoms with Gasteiger partial charge in [0.1, 0.15) is 17.6 Å². The number of rotatable bonds is 2. The quantitative estimate of drug-likeness (QED) is 0.701. The van der Waals surface area contributed by atoms with Crippen LogP contribution in [0.4, 0.5) is 0 Å². The molecule has 102 valence electrons. The molecule has 1 aromatic heterocycles. The lowest BCUT2D eigenvalue weighted by Gasteiger charge is -1.96. The fourth-order valence-electron chi connectivity index (χ4n) is 2.14. The number of imidazole rings is 1. The maximum absolute atomic E-state index is 9.35. The summed E-state index contributed by atoms with van der Waals surface area (Å²) in [7, 11) is 0. The molecule has 0 aliphatic carbocycles. The average Bonchev–Trinajstić information content (AvgIpc) is 2.89. The highest BCUT2D eigenvalue weighted by Gasteiger charge is 2.08. The fourth-order valence-corrected chi connectivity index (χ4v) is 2.14. The number of hydrogen-bond donors (Lipinski definition) is 2. The fraction of sp³-hybridized carbons (Fsp3) is 0.0588. The van der Waals surface area contributed by atoms with Crippen molar-refractivity contribution in [1.29, 1.82) is 5.26 Å². The Labute approximate surface area is 122 Å². The van der Waals surface area contributed by atoms with Gasteiger partial charge in [-0.15, -0.1) is 0 Å². The Bertz CT molecular complexity index is 867. The minimum absolute atomic E-state index is 0.199. The molecule has 0 radical (unpaired) electrons. The molecule has 3 aromatic rings. The maximum atomic E-state index is 9.35. The zero-order chi connectivity index (χ0) is 14.8. The van der Waals surface area contributed by atoms with E-state index in [1.54, 1.807) is 30.3 Å². The van der Waals surface area contributed by atoms with E-state index in [0.29, 0.717) is 11.4 Å². The monoisotopic (exact) mass is 275 g/mol. The molecular formula is C17H13N3O. The number of aromatic nitrogens is 2. The third-order valence-corrected chi connectivity index (χ3v) is 3.22. The van der Waals surface area contributed by atoms with Crippen molar-refractivity contribution in [2.24, 2.45) is 0 Å². The smallest absolute Gasteiger partial charge is 0.149 e. The van der Waals surface area contributed by atoms with E-state index >= 15 is 0 Å². The molecule has 0 amide bonds. The number of aryl methyl sites for hydroxylation is 1. The number of H-pyrrole nitrogens is 1. The van der Waals surface area contributed by atoms with E-state index in [4.69, 9.17) is 0 Å². The van der Waals surface area contributed by atoms with Gasteiger partial charge in [0.05, 0.1) is 16.6 Å². The van der Waals surface area contributed by atoms with Crippen LogP contribution in [-0.2, 0) is 0 Å². The number of allylic oxidation sites excluding steroid dienone is 1. The topological polar surface area (TPSA) is 72.7 Å². The summed E-state index contributed by atoms with van der Waals surface area (Å²) in [6.07, 6.45) is 1.74. The predicted molar refractivity (Wildman–Crippen MR) is 82.4 cm³/mol. The summed E-state index contributed by atoms with van der Waals surface area (Å²) in [4.78, 5) is 7.61. The van der Waals surface area contributed by atoms with E-state index in [9.17, 15) is 10.4 Å². The molecule has 21 heavy (non-hydrogen) atoms. The van der Waals surface area contributed by atoms with E-state index < -0.39 is 0 Å². The van der Waals surface area contributed by atoms with Gasteiger partial charge in [0.15, 0.2) is 0 Å². The van der Waals surface area contributed by atoms with Gasteiger partial charge in [-0.25, -0.2) is 4.98 Å². The molecule has 0 spiro atoms. The molecule has 2 N–H and O–H groups in total. The van der Waals surface area contributed by atoms with Crippen molar-refractivity contribution in [1.82, 2.24) is 9.97 Å². The second-order valence-electron chi connectivity index (χ2n) is 4.87. The lowest BCUT2D eigenvalue weighted by atomic mass is 10.1. The van der Waals surface area contributed by atoms with Gasteiger partial charge < -0.3 is 10.1 Å². The number of benzene rings is 2. The Morgan fingerprint density at radius 3 is 2.71 bits per heavy atom. The van der Waals surface area contributed by atoms with Crippen molar-refractivity contribution in [3.63, 3.8) is 0 Å². The van der Waals surface area contributed by atoms with Crippen LogP contribution in [-0.4, -0.2) is 15.1 Å². The van der Waals surface area contributed by atoms with Crippen molar-refractivity contribution in [3.05, 3.63) is 59.4 Å². The Morgan fingerprint density at radius 2 is 2.00 bits per heavy atom. The summed E-state index contributed by atoms with van der Waals surface area (Å²) < 4.78 is 0. The first-order chi connectivity index (χ1) is 10.2. The molecule has 3 rings (SSSR count). The highest BCUT2D eigenvalue weighted by Crippen LogP contribution is 2.20. The van der Waals surface area contributed by atoms with E-state index in [2.05, 4.69) is 16.0 Å². The predicted octanol–water partition coefficient (Wildman–Crippen LogP) is 3.64. The number of aromatic amines is 1. The maximum Gasteiger partial charge on any atom is 0.149 e. The van der Waals surface area contributed by atoms with E-state index in [0.717, 1.165) is 22.2 Å². The van der Waals surface area contributed by atoms with Gasteiger partial charge >= 0.3 is 0 Å². The Morgan fingerprint density at radius 1 is 1.24 bits per heavy atom. The largest absolute Gasteiger partial charge is 0.508 e. The Balaban J connectivity index is 2.05. The molecule has 0 aliphatic heterocycles. The van der Waals surface area contributed by atoms with Crippen LogP contribution in [0.5, 0.6) is 5.75 Å². The summed E-state index contributed by atoms with van der Waals surface area (Å²) >= 11 is 0. The molecule has 1 heterocycles. The van der Waals surface area contributed by atoms with E-state index in [1.165, 1.54) is 0 Å². The van der Waals surface area contributed by atoms with Gasteiger partial charge in [-0.2, -0.15) is 5.26 Å². The summed E-state index contributed by atoms with van der Waals surface area (Å²) in [5.74, 6) is 0.746. The van der Waals surface area contributed by atoms with Gasteiger partial charge in [-0.1, -0.05) is 18.2 Å². The number of nitrogens with one attached hydrogen (secondary N) is 1. The average molecular weight is 275 g/mol. The SMILES string of the molecule is Cc1ccc2nc(C(C#N)=Cc3ccc(O)cc3)[nH]c2c1. The van der Waals surface area contributed by atoms with E-state index in [1.807, 2.05) is 25.1 Å². The zero-order valence-corrected chi connectivity index (χ0v) is 11.5. The highest BCUT2D eigenvalue weighted by atomic mass is 16.3. The summed E-state index contributed by atoms with van der Waals surface area (Å²) in [6.45, 7) is 2.01. The first-order valence-electron chi connectivity index (χ1n) is 6.53. The minimum atomic E-state index is 0.199. The highest BCUT2D eigenvalue weighted by molar-refractivity contribution is 5.90. The number of phenols is 1. The van der Waals surface area contributed by atoms with Crippen LogP contribution in [0.2, 0.25) is 0 Å². The first-order valence-corrected chi connectivity index (χ1v) is 6.53. The summed E-state index contributed by atoms with van der Waals surface area (Å²) in [5.41, 5.74) is 4.17. The molecule has 0 saturated heterocycles. The van der Waals surface area contributed by atoms with Crippen molar-refractivity contribution in [2.75, 3.05) is 0 Å². The van der Waals surface area contributed by atoms with Gasteiger partial charge in [-0.3, -0.25) is 0 Å². The normalized spacial score (nSPS) is 11.5. The second-order valence-corrected chi connectivity index (χ2v) is 4.87. The second kappa shape index (κ2) is 5.14. The number of aromatic hydroxyl groups is 1. The third-order valence-electron chi connectivity index (χ3n) is 3.22. The van der Waals surface area contributed by atoms with E-state index in [-0.39, 0.29) is 5.75 Å². The zero-order valence-electron chi connectivity index (χ0n) is 11.5. The van der Waals surface area contributed by atoms with Crippen LogP contribution >= 0.6 is 0 Å². The number of fused-ring (bicyclic) bond motifs is 1. The number of hydrogen-bond acceptors (Lipinski definition) is 3. The molecule has 2 aromatic carbocycles. The molecule has 0 atom stereocenters. The van der Waals surface area contributed by atoms with Gasteiger partial charge in [0, 0.05) is 0 Å². The Kier molecular flexibility index (Phi) is 3.17. The Hall–Kier alpha value is -3.06. The number of nitriles is 1. The van der Waals surface area contributed by atoms with Gasteiger partial charge in [0.2, 0.25) is 0 Å². The van der Waals surface area contributed by atoms with Crippen molar-refractivity contribution in [2.45, 2.75) is 6.92 Å². The molecule has 4 nitrogen and oxygen atoms in total. The van der Waals surface area contributed by atoms with Crippen LogP contribution in [0.25, 0.3) is 22.7 Å². The van der Waals surface area contributed by atoms with Crippen LogP contribution in [0.3, 0.4) is 0 Å². The van der Waals surface area contributed by atoms with Crippen LogP contribution in [0.15, 0.2) is 42.5 Å². The first kappa shape index (κ1) is 12.9. The molecule has 0 unspecified atom stereocenters. The molecular weight excluding hydrogens is 262 g/mol. The van der Waals surface area contributed by atoms with Crippen LogP contribution in [0, 0.1) is 18.3 Å². The van der Waals surface area contributed by atoms with Crippen molar-refractivity contribution >= 4 is 22.7 Å². The summed E-state index contributed by atoms with van der Waals surface area (Å²) in [6, 6.07) is 14.8. The minimum Gasteiger partial charge on any atom is -0.508 e.